The second-order valence-corrected chi connectivity index (χ2v) is 5.46. The van der Waals surface area contributed by atoms with Gasteiger partial charge in [0.05, 0.1) is 7.11 Å². The second kappa shape index (κ2) is 4.45. The average molecular weight is 195 g/mol. The molecule has 6 heteroatoms. The Labute approximate surface area is 66.9 Å². The third kappa shape index (κ3) is 4.91. The van der Waals surface area contributed by atoms with Crippen LogP contribution in [0.1, 0.15) is 0 Å². The molecule has 0 aromatic carbocycles. The van der Waals surface area contributed by atoms with E-state index in [-0.39, 0.29) is 6.16 Å². The van der Waals surface area contributed by atoms with Crippen molar-refractivity contribution in [2.75, 3.05) is 18.8 Å². The van der Waals surface area contributed by atoms with Crippen molar-refractivity contribution in [1.82, 2.24) is 0 Å². The van der Waals surface area contributed by atoms with Crippen LogP contribution in [-0.2, 0) is 18.9 Å². The molecule has 4 nitrogen and oxygen atoms in total. The summed E-state index contributed by atoms with van der Waals surface area (Å²) in [6.07, 6.45) is 4.79. The van der Waals surface area contributed by atoms with Crippen LogP contribution in [0.2, 0.25) is 0 Å². The summed E-state index contributed by atoms with van der Waals surface area (Å²) in [4.78, 5) is 0. The van der Waals surface area contributed by atoms with Gasteiger partial charge in [-0.25, -0.2) is 0 Å². The Balaban J connectivity index is 4.08. The lowest BCUT2D eigenvalue weighted by molar-refractivity contribution is 0.401. The molecule has 0 bridgehead atoms. The number of rotatable bonds is 4. The highest BCUT2D eigenvalue weighted by Gasteiger charge is 2.24. The van der Waals surface area contributed by atoms with Crippen molar-refractivity contribution in [3.63, 3.8) is 0 Å². The number of hydrogen-bond donors (Lipinski definition) is 0. The standard InChI is InChI=1S/C5H8O4PS/c1-3-4-10(6)5-11(7,8)9-2/h1H,4-5H2,2H3/q+1. The molecular weight excluding hydrogens is 187 g/mol. The van der Waals surface area contributed by atoms with Crippen molar-refractivity contribution in [3.8, 4) is 12.3 Å². The van der Waals surface area contributed by atoms with Crippen LogP contribution in [0.25, 0.3) is 0 Å². The predicted octanol–water partition coefficient (Wildman–Crippen LogP) is 0.381. The molecule has 0 aromatic rings. The molecule has 0 aliphatic carbocycles. The van der Waals surface area contributed by atoms with Crippen LogP contribution in [0.4, 0.5) is 0 Å². The minimum atomic E-state index is -3.62. The molecule has 0 saturated heterocycles. The molecule has 11 heavy (non-hydrogen) atoms. The number of hydrogen-bond acceptors (Lipinski definition) is 4. The van der Waals surface area contributed by atoms with Gasteiger partial charge in [0, 0.05) is 0 Å². The van der Waals surface area contributed by atoms with Crippen molar-refractivity contribution in [3.05, 3.63) is 0 Å². The molecule has 0 radical (unpaired) electrons. The van der Waals surface area contributed by atoms with E-state index < -0.39 is 23.4 Å². The first-order valence-corrected chi connectivity index (χ1v) is 5.86. The molecule has 62 valence electrons. The summed E-state index contributed by atoms with van der Waals surface area (Å²) in [7, 11) is -4.47. The van der Waals surface area contributed by atoms with Gasteiger partial charge in [-0.2, -0.15) is 8.42 Å². The molecule has 0 saturated carbocycles. The molecule has 1 atom stereocenters. The molecule has 0 aromatic heterocycles. The summed E-state index contributed by atoms with van der Waals surface area (Å²) < 4.78 is 36.1. The highest BCUT2D eigenvalue weighted by atomic mass is 32.2. The van der Waals surface area contributed by atoms with Gasteiger partial charge < -0.3 is 0 Å². The van der Waals surface area contributed by atoms with Gasteiger partial charge in [-0.15, -0.1) is 6.42 Å². The smallest absolute Gasteiger partial charge is 0.270 e. The zero-order chi connectivity index (χ0) is 8.91. The van der Waals surface area contributed by atoms with Gasteiger partial charge in [-0.05, 0) is 0 Å². The Bertz CT molecular complexity index is 273. The minimum Gasteiger partial charge on any atom is -0.270 e. The lowest BCUT2D eigenvalue weighted by atomic mass is 10.8. The maximum absolute atomic E-state index is 10.8. The quantitative estimate of drug-likeness (QED) is 0.369. The maximum Gasteiger partial charge on any atom is 0.370 e. The van der Waals surface area contributed by atoms with E-state index in [4.69, 9.17) is 6.42 Å². The largest absolute Gasteiger partial charge is 0.370 e. The molecular formula is C5H8O4PS+. The summed E-state index contributed by atoms with van der Waals surface area (Å²) in [5, 5.41) is 0. The maximum atomic E-state index is 10.8. The van der Waals surface area contributed by atoms with Gasteiger partial charge in [0.25, 0.3) is 5.49 Å². The SMILES string of the molecule is C#CC[P+](=O)CS(=O)(=O)OC. The normalized spacial score (nSPS) is 12.2. The van der Waals surface area contributed by atoms with Crippen molar-refractivity contribution in [2.24, 2.45) is 0 Å². The molecule has 0 fully saturated rings. The zero-order valence-electron chi connectivity index (χ0n) is 5.98. The summed E-state index contributed by atoms with van der Waals surface area (Å²) >= 11 is 0. The van der Waals surface area contributed by atoms with Gasteiger partial charge in [0.2, 0.25) is 6.16 Å². The van der Waals surface area contributed by atoms with E-state index in [2.05, 4.69) is 10.1 Å². The fourth-order valence-electron chi connectivity index (χ4n) is 0.377. The van der Waals surface area contributed by atoms with E-state index in [1.807, 2.05) is 0 Å². The first-order valence-electron chi connectivity index (χ1n) is 2.65. The van der Waals surface area contributed by atoms with Crippen molar-refractivity contribution < 1.29 is 17.2 Å². The third-order valence-corrected chi connectivity index (χ3v) is 4.28. The summed E-state index contributed by atoms with van der Waals surface area (Å²) in [5.74, 6) is 2.11. The van der Waals surface area contributed by atoms with E-state index in [9.17, 15) is 13.0 Å². The first kappa shape index (κ1) is 10.6. The average Bonchev–Trinajstić information content (AvgIpc) is 1.87. The highest BCUT2D eigenvalue weighted by Crippen LogP contribution is 2.21. The molecule has 0 aliphatic rings. The summed E-state index contributed by atoms with van der Waals surface area (Å²) in [6, 6.07) is 0. The Kier molecular flexibility index (Phi) is 4.27. The summed E-state index contributed by atoms with van der Waals surface area (Å²) in [5.41, 5.74) is -0.497. The van der Waals surface area contributed by atoms with Crippen molar-refractivity contribution >= 4 is 17.9 Å². The lowest BCUT2D eigenvalue weighted by Crippen LogP contribution is -2.04. The van der Waals surface area contributed by atoms with E-state index in [0.29, 0.717) is 0 Å². The Morgan fingerprint density at radius 2 is 2.18 bits per heavy atom. The molecule has 1 unspecified atom stereocenters. The zero-order valence-corrected chi connectivity index (χ0v) is 7.69. The Morgan fingerprint density at radius 1 is 1.64 bits per heavy atom. The topological polar surface area (TPSA) is 60.4 Å². The third-order valence-electron chi connectivity index (χ3n) is 0.824. The molecule has 0 amide bonds. The Morgan fingerprint density at radius 3 is 2.55 bits per heavy atom. The van der Waals surface area contributed by atoms with Crippen LogP contribution in [0.5, 0.6) is 0 Å². The lowest BCUT2D eigenvalue weighted by Gasteiger charge is -1.89. The number of terminal acetylenes is 1. The van der Waals surface area contributed by atoms with Gasteiger partial charge in [-0.3, -0.25) is 4.18 Å². The highest BCUT2D eigenvalue weighted by molar-refractivity contribution is 7.92. The van der Waals surface area contributed by atoms with Crippen LogP contribution in [-0.4, -0.2) is 27.2 Å². The fourth-order valence-corrected chi connectivity index (χ4v) is 2.78. The van der Waals surface area contributed by atoms with Crippen LogP contribution in [0, 0.1) is 12.3 Å². The molecule has 0 rings (SSSR count). The summed E-state index contributed by atoms with van der Waals surface area (Å²) in [6.45, 7) is 0. The van der Waals surface area contributed by atoms with E-state index in [1.54, 1.807) is 0 Å². The monoisotopic (exact) mass is 195 g/mol. The second-order valence-electron chi connectivity index (χ2n) is 1.70. The van der Waals surface area contributed by atoms with Gasteiger partial charge >= 0.3 is 17.9 Å². The fraction of sp³-hybridized carbons (Fsp3) is 0.600. The van der Waals surface area contributed by atoms with Gasteiger partial charge in [-0.1, -0.05) is 10.5 Å². The van der Waals surface area contributed by atoms with Crippen molar-refractivity contribution in [1.29, 1.82) is 0 Å². The Hall–Kier alpha value is -0.430. The minimum absolute atomic E-state index is 0.0298. The predicted molar refractivity (Wildman–Crippen MR) is 42.1 cm³/mol. The molecule has 0 spiro atoms. The van der Waals surface area contributed by atoms with E-state index >= 15 is 0 Å². The first-order chi connectivity index (χ1) is 5.02. The van der Waals surface area contributed by atoms with E-state index in [0.717, 1.165) is 7.11 Å². The molecule has 0 N–H and O–H groups in total. The van der Waals surface area contributed by atoms with Crippen LogP contribution in [0.3, 0.4) is 0 Å². The molecule has 0 aliphatic heterocycles. The van der Waals surface area contributed by atoms with Gasteiger partial charge in [0.1, 0.15) is 0 Å². The van der Waals surface area contributed by atoms with Crippen LogP contribution in [0.15, 0.2) is 0 Å². The van der Waals surface area contributed by atoms with Gasteiger partial charge in [0.15, 0.2) is 0 Å². The van der Waals surface area contributed by atoms with Crippen LogP contribution < -0.4 is 0 Å². The van der Waals surface area contributed by atoms with Crippen LogP contribution >= 0.6 is 7.80 Å². The molecule has 0 heterocycles. The van der Waals surface area contributed by atoms with E-state index in [1.165, 1.54) is 0 Å². The van der Waals surface area contributed by atoms with Crippen molar-refractivity contribution in [2.45, 2.75) is 0 Å².